The van der Waals surface area contributed by atoms with Gasteiger partial charge >= 0.3 is 0 Å². The third kappa shape index (κ3) is 4.51. The minimum atomic E-state index is -0.224. The fourth-order valence-corrected chi connectivity index (χ4v) is 4.39. The Labute approximate surface area is 200 Å². The number of rotatable bonds is 9. The van der Waals surface area contributed by atoms with Crippen LogP contribution in [-0.4, -0.2) is 110 Å². The zero-order valence-corrected chi connectivity index (χ0v) is 20.3. The van der Waals surface area contributed by atoms with E-state index < -0.39 is 0 Å². The van der Waals surface area contributed by atoms with Crippen LogP contribution in [0.2, 0.25) is 0 Å². The van der Waals surface area contributed by atoms with Gasteiger partial charge in [-0.3, -0.25) is 29.0 Å². The average Bonchev–Trinajstić information content (AvgIpc) is 3.20. The van der Waals surface area contributed by atoms with Crippen LogP contribution in [0.1, 0.15) is 41.4 Å². The quantitative estimate of drug-likeness (QED) is 0.419. The van der Waals surface area contributed by atoms with E-state index in [1.807, 2.05) is 0 Å². The summed E-state index contributed by atoms with van der Waals surface area (Å²) in [5.74, 6) is -0.898. The SMILES string of the molecule is C[N+](C)(CCN1C(=O)c2ccccc2C1=O)CC[N+](C)(C)CCN1C(=O)c2ccccc2C1=O. The Morgan fingerprint density at radius 2 is 0.765 bits per heavy atom. The number of fused-ring (bicyclic) bond motifs is 2. The molecule has 0 aliphatic carbocycles. The van der Waals surface area contributed by atoms with Crippen molar-refractivity contribution in [2.24, 2.45) is 0 Å². The lowest BCUT2D eigenvalue weighted by atomic mass is 10.1. The lowest BCUT2D eigenvalue weighted by Gasteiger charge is -2.36. The molecule has 4 amide bonds. The van der Waals surface area contributed by atoms with Crippen molar-refractivity contribution in [3.8, 4) is 0 Å². The van der Waals surface area contributed by atoms with E-state index in [-0.39, 0.29) is 23.6 Å². The summed E-state index contributed by atoms with van der Waals surface area (Å²) in [6.07, 6.45) is 0. The number of quaternary nitrogens is 2. The minimum Gasteiger partial charge on any atom is -0.322 e. The van der Waals surface area contributed by atoms with Crippen molar-refractivity contribution in [1.82, 2.24) is 9.80 Å². The molecular formula is C26H32N4O4+2. The van der Waals surface area contributed by atoms with Crippen LogP contribution in [-0.2, 0) is 0 Å². The maximum Gasteiger partial charge on any atom is 0.261 e. The summed E-state index contributed by atoms with van der Waals surface area (Å²) in [5, 5.41) is 0. The fraction of sp³-hybridized carbons (Fsp3) is 0.385. The number of likely N-dealkylation sites (N-methyl/N-ethyl adjacent to an activating group) is 2. The molecule has 0 fully saturated rings. The van der Waals surface area contributed by atoms with Crippen LogP contribution in [0.15, 0.2) is 48.5 Å². The van der Waals surface area contributed by atoms with Crippen LogP contribution in [0.5, 0.6) is 0 Å². The van der Waals surface area contributed by atoms with Gasteiger partial charge in [-0.2, -0.15) is 0 Å². The number of carbonyl (C=O) groups is 4. The first kappa shape index (κ1) is 23.8. The van der Waals surface area contributed by atoms with E-state index in [0.29, 0.717) is 57.4 Å². The van der Waals surface area contributed by atoms with Gasteiger partial charge in [0, 0.05) is 0 Å². The summed E-state index contributed by atoms with van der Waals surface area (Å²) in [5.41, 5.74) is 1.90. The van der Waals surface area contributed by atoms with Gasteiger partial charge in [-0.25, -0.2) is 0 Å². The lowest BCUT2D eigenvalue weighted by molar-refractivity contribution is -0.945. The first-order valence-electron chi connectivity index (χ1n) is 11.6. The molecule has 2 aromatic carbocycles. The molecule has 0 spiro atoms. The zero-order chi connectivity index (χ0) is 24.7. The largest absolute Gasteiger partial charge is 0.322 e. The van der Waals surface area contributed by atoms with E-state index in [1.165, 1.54) is 9.80 Å². The van der Waals surface area contributed by atoms with E-state index in [1.54, 1.807) is 48.5 Å². The molecule has 2 aliphatic rings. The minimum absolute atomic E-state index is 0.224. The molecule has 0 atom stereocenters. The molecule has 0 saturated heterocycles. The van der Waals surface area contributed by atoms with Crippen molar-refractivity contribution in [3.63, 3.8) is 0 Å². The molecule has 178 valence electrons. The number of nitrogens with zero attached hydrogens (tertiary/aromatic N) is 4. The zero-order valence-electron chi connectivity index (χ0n) is 20.3. The summed E-state index contributed by atoms with van der Waals surface area (Å²) < 4.78 is 1.28. The van der Waals surface area contributed by atoms with E-state index in [9.17, 15) is 19.2 Å². The lowest BCUT2D eigenvalue weighted by Crippen LogP contribution is -2.54. The second-order valence-electron chi connectivity index (χ2n) is 10.4. The van der Waals surface area contributed by atoms with Gasteiger partial charge in [-0.15, -0.1) is 0 Å². The highest BCUT2D eigenvalue weighted by atomic mass is 16.2. The summed E-state index contributed by atoms with van der Waals surface area (Å²) in [6, 6.07) is 13.9. The predicted molar refractivity (Wildman–Crippen MR) is 127 cm³/mol. The molecule has 0 bridgehead atoms. The van der Waals surface area contributed by atoms with E-state index in [0.717, 1.165) is 13.1 Å². The molecule has 0 radical (unpaired) electrons. The van der Waals surface area contributed by atoms with Crippen molar-refractivity contribution in [1.29, 1.82) is 0 Å². The number of benzene rings is 2. The molecule has 8 heteroatoms. The van der Waals surface area contributed by atoms with Crippen molar-refractivity contribution >= 4 is 23.6 Å². The van der Waals surface area contributed by atoms with Crippen molar-refractivity contribution in [3.05, 3.63) is 70.8 Å². The molecule has 4 rings (SSSR count). The summed E-state index contributed by atoms with van der Waals surface area (Å²) in [7, 11) is 8.34. The van der Waals surface area contributed by atoms with Gasteiger partial charge in [0.2, 0.25) is 0 Å². The molecule has 0 unspecified atom stereocenters. The molecule has 0 saturated carbocycles. The smallest absolute Gasteiger partial charge is 0.261 e. The standard InChI is InChI=1S/C26H32N4O4/c1-29(2,15-13-27-23(31)19-9-5-6-10-20(19)24(27)32)17-18-30(3,4)16-14-28-25(33)21-11-7-8-12-22(21)26(28)34/h5-12H,13-18H2,1-4H3/q+2. The van der Waals surface area contributed by atoms with Crippen molar-refractivity contribution in [2.75, 3.05) is 67.5 Å². The topological polar surface area (TPSA) is 74.8 Å². The third-order valence-electron chi connectivity index (χ3n) is 6.92. The number of carbonyl (C=O) groups excluding carboxylic acids is 4. The molecule has 2 aromatic rings. The van der Waals surface area contributed by atoms with Crippen LogP contribution < -0.4 is 0 Å². The second-order valence-corrected chi connectivity index (χ2v) is 10.4. The average molecular weight is 465 g/mol. The Bertz CT molecular complexity index is 1010. The Hall–Kier alpha value is -3.36. The highest BCUT2D eigenvalue weighted by molar-refractivity contribution is 6.22. The number of imide groups is 2. The molecule has 0 aromatic heterocycles. The van der Waals surface area contributed by atoms with Crippen LogP contribution in [0.4, 0.5) is 0 Å². The Morgan fingerprint density at radius 1 is 0.500 bits per heavy atom. The number of hydrogen-bond donors (Lipinski definition) is 0. The number of amides is 4. The molecule has 34 heavy (non-hydrogen) atoms. The molecule has 2 heterocycles. The van der Waals surface area contributed by atoms with E-state index >= 15 is 0 Å². The second kappa shape index (κ2) is 8.77. The summed E-state index contributed by atoms with van der Waals surface area (Å²) in [6.45, 7) is 3.65. The van der Waals surface area contributed by atoms with Gasteiger partial charge in [0.1, 0.15) is 13.1 Å². The Balaban J connectivity index is 1.29. The maximum atomic E-state index is 12.6. The fourth-order valence-electron chi connectivity index (χ4n) is 4.39. The highest BCUT2D eigenvalue weighted by Crippen LogP contribution is 2.23. The highest BCUT2D eigenvalue weighted by Gasteiger charge is 2.38. The third-order valence-corrected chi connectivity index (χ3v) is 6.92. The first-order valence-corrected chi connectivity index (χ1v) is 11.6. The summed E-state index contributed by atoms with van der Waals surface area (Å²) in [4.78, 5) is 53.2. The first-order chi connectivity index (χ1) is 16.0. The predicted octanol–water partition coefficient (Wildman–Crippen LogP) is 1.73. The van der Waals surface area contributed by atoms with E-state index in [4.69, 9.17) is 0 Å². The van der Waals surface area contributed by atoms with Gasteiger partial charge in [0.15, 0.2) is 0 Å². The van der Waals surface area contributed by atoms with E-state index in [2.05, 4.69) is 28.2 Å². The van der Waals surface area contributed by atoms with Gasteiger partial charge in [-0.1, -0.05) is 24.3 Å². The van der Waals surface area contributed by atoms with Crippen LogP contribution in [0, 0.1) is 0 Å². The Kier molecular flexibility index (Phi) is 6.14. The van der Waals surface area contributed by atoms with Gasteiger partial charge in [0.25, 0.3) is 23.6 Å². The van der Waals surface area contributed by atoms with Crippen LogP contribution >= 0.6 is 0 Å². The Morgan fingerprint density at radius 3 is 1.03 bits per heavy atom. The number of hydrogen-bond acceptors (Lipinski definition) is 4. The molecule has 8 nitrogen and oxygen atoms in total. The molecule has 2 aliphatic heterocycles. The van der Waals surface area contributed by atoms with Crippen molar-refractivity contribution < 1.29 is 28.1 Å². The monoisotopic (exact) mass is 464 g/mol. The maximum absolute atomic E-state index is 12.6. The van der Waals surface area contributed by atoms with Crippen molar-refractivity contribution in [2.45, 2.75) is 0 Å². The molecule has 0 N–H and O–H groups in total. The van der Waals surface area contributed by atoms with Crippen LogP contribution in [0.25, 0.3) is 0 Å². The van der Waals surface area contributed by atoms with Gasteiger partial charge < -0.3 is 8.97 Å². The van der Waals surface area contributed by atoms with Gasteiger partial charge in [-0.05, 0) is 24.3 Å². The normalized spacial score (nSPS) is 15.9. The molecular weight excluding hydrogens is 432 g/mol. The van der Waals surface area contributed by atoms with Gasteiger partial charge in [0.05, 0.1) is 76.6 Å². The van der Waals surface area contributed by atoms with Crippen LogP contribution in [0.3, 0.4) is 0 Å². The summed E-state index contributed by atoms with van der Waals surface area (Å²) >= 11 is 0.